The predicted octanol–water partition coefficient (Wildman–Crippen LogP) is 6.65. The normalized spacial score (nSPS) is 14.6. The zero-order valence-corrected chi connectivity index (χ0v) is 23.9. The van der Waals surface area contributed by atoms with Crippen LogP contribution >= 0.6 is 0 Å². The number of hydrogen-bond acceptors (Lipinski definition) is 7. The summed E-state index contributed by atoms with van der Waals surface area (Å²) in [6.07, 6.45) is 4.72. The third kappa shape index (κ3) is 5.56. The summed E-state index contributed by atoms with van der Waals surface area (Å²) in [5.41, 5.74) is 4.58. The number of amides is 1. The number of benzene rings is 3. The zero-order chi connectivity index (χ0) is 30.9. The first kappa shape index (κ1) is 28.1. The number of pyridine rings is 1. The number of anilines is 4. The van der Waals surface area contributed by atoms with Crippen LogP contribution in [0.2, 0.25) is 0 Å². The van der Waals surface area contributed by atoms with Crippen molar-refractivity contribution in [3.8, 4) is 22.6 Å². The maximum Gasteiger partial charge on any atom is 0.261 e. The number of rotatable bonds is 7. The molecule has 11 heteroatoms. The van der Waals surface area contributed by atoms with Gasteiger partial charge in [-0.1, -0.05) is 30.3 Å². The van der Waals surface area contributed by atoms with Gasteiger partial charge in [-0.05, 0) is 73.5 Å². The van der Waals surface area contributed by atoms with Crippen molar-refractivity contribution in [3.05, 3.63) is 121 Å². The van der Waals surface area contributed by atoms with Crippen molar-refractivity contribution in [2.24, 2.45) is 0 Å². The number of hydrogen-bond donors (Lipinski definition) is 3. The molecule has 45 heavy (non-hydrogen) atoms. The van der Waals surface area contributed by atoms with Crippen molar-refractivity contribution in [3.63, 3.8) is 0 Å². The van der Waals surface area contributed by atoms with E-state index >= 15 is 0 Å². The molecule has 1 aliphatic heterocycles. The third-order valence-corrected chi connectivity index (χ3v) is 7.67. The molecule has 1 aliphatic rings. The highest BCUT2D eigenvalue weighted by Gasteiger charge is 2.23. The fourth-order valence-electron chi connectivity index (χ4n) is 5.59. The van der Waals surface area contributed by atoms with Gasteiger partial charge >= 0.3 is 0 Å². The Hall–Kier alpha value is -5.68. The molecular formula is C34H27F2N7O2. The van der Waals surface area contributed by atoms with Crippen molar-refractivity contribution >= 4 is 34.6 Å². The summed E-state index contributed by atoms with van der Waals surface area (Å²) in [4.78, 5) is 28.9. The zero-order valence-electron chi connectivity index (χ0n) is 23.9. The summed E-state index contributed by atoms with van der Waals surface area (Å²) >= 11 is 0. The number of aliphatic hydroxyl groups is 1. The Bertz CT molecular complexity index is 2030. The van der Waals surface area contributed by atoms with Gasteiger partial charge in [-0.25, -0.2) is 23.7 Å². The lowest BCUT2D eigenvalue weighted by Crippen LogP contribution is -2.28. The highest BCUT2D eigenvalue weighted by molar-refractivity contribution is 6.05. The van der Waals surface area contributed by atoms with E-state index in [4.69, 9.17) is 9.97 Å². The molecule has 4 heterocycles. The Labute approximate surface area is 256 Å². The molecule has 6 aromatic rings. The molecule has 1 fully saturated rings. The Morgan fingerprint density at radius 1 is 0.889 bits per heavy atom. The van der Waals surface area contributed by atoms with Gasteiger partial charge in [0.2, 0.25) is 5.95 Å². The van der Waals surface area contributed by atoms with E-state index in [1.165, 1.54) is 6.07 Å². The van der Waals surface area contributed by atoms with Gasteiger partial charge in [-0.2, -0.15) is 0 Å². The summed E-state index contributed by atoms with van der Waals surface area (Å²) in [6.45, 7) is 0.790. The summed E-state index contributed by atoms with van der Waals surface area (Å²) < 4.78 is 30.4. The quantitative estimate of drug-likeness (QED) is 0.188. The Morgan fingerprint density at radius 2 is 1.69 bits per heavy atom. The molecule has 9 nitrogen and oxygen atoms in total. The van der Waals surface area contributed by atoms with Crippen LogP contribution in [-0.2, 0) is 0 Å². The fourth-order valence-corrected chi connectivity index (χ4v) is 5.59. The van der Waals surface area contributed by atoms with E-state index in [9.17, 15) is 18.7 Å². The number of aliphatic hydroxyl groups excluding tert-OH is 1. The summed E-state index contributed by atoms with van der Waals surface area (Å²) in [5, 5.41) is 16.2. The average Bonchev–Trinajstić information content (AvgIpc) is 3.65. The minimum absolute atomic E-state index is 0.344. The van der Waals surface area contributed by atoms with Crippen molar-refractivity contribution in [1.29, 1.82) is 0 Å². The number of aromatic nitrogens is 4. The van der Waals surface area contributed by atoms with Crippen LogP contribution in [0.3, 0.4) is 0 Å². The molecule has 7 rings (SSSR count). The molecule has 0 radical (unpaired) electrons. The molecule has 224 valence electrons. The van der Waals surface area contributed by atoms with Gasteiger partial charge in [0.1, 0.15) is 29.1 Å². The number of imidazole rings is 1. The van der Waals surface area contributed by atoms with Crippen molar-refractivity contribution in [2.45, 2.75) is 19.1 Å². The lowest BCUT2D eigenvalue weighted by atomic mass is 10.1. The van der Waals surface area contributed by atoms with Crippen LogP contribution in [0.15, 0.2) is 103 Å². The molecule has 3 N–H and O–H groups in total. The largest absolute Gasteiger partial charge is 0.374 e. The van der Waals surface area contributed by atoms with Gasteiger partial charge in [0.15, 0.2) is 0 Å². The maximum absolute atomic E-state index is 14.2. The van der Waals surface area contributed by atoms with Gasteiger partial charge in [-0.3, -0.25) is 9.20 Å². The van der Waals surface area contributed by atoms with Crippen molar-refractivity contribution in [1.82, 2.24) is 19.4 Å². The number of halogens is 2. The van der Waals surface area contributed by atoms with Gasteiger partial charge in [0.05, 0.1) is 17.1 Å². The molecule has 3 aromatic heterocycles. The molecule has 1 saturated heterocycles. The Morgan fingerprint density at radius 3 is 2.51 bits per heavy atom. The maximum atomic E-state index is 14.2. The first-order chi connectivity index (χ1) is 21.9. The minimum Gasteiger partial charge on any atom is -0.374 e. The number of carbonyl (C=O) groups is 1. The summed E-state index contributed by atoms with van der Waals surface area (Å²) in [7, 11) is 0. The highest BCUT2D eigenvalue weighted by Crippen LogP contribution is 2.34. The summed E-state index contributed by atoms with van der Waals surface area (Å²) in [5.74, 6) is -2.41. The number of nitrogens with one attached hydrogen (secondary N) is 2. The average molecular weight is 604 g/mol. The predicted molar refractivity (Wildman–Crippen MR) is 168 cm³/mol. The summed E-state index contributed by atoms with van der Waals surface area (Å²) in [6, 6.07) is 25.4. The molecule has 1 amide bonds. The fraction of sp³-hybridized carbons (Fsp3) is 0.118. The van der Waals surface area contributed by atoms with Gasteiger partial charge < -0.3 is 20.6 Å². The first-order valence-electron chi connectivity index (χ1n) is 14.4. The van der Waals surface area contributed by atoms with Crippen LogP contribution < -0.4 is 15.5 Å². The van der Waals surface area contributed by atoms with Crippen molar-refractivity contribution < 1.29 is 18.7 Å². The van der Waals surface area contributed by atoms with Crippen LogP contribution in [0.1, 0.15) is 23.2 Å². The van der Waals surface area contributed by atoms with Crippen LogP contribution in [0.4, 0.5) is 31.8 Å². The van der Waals surface area contributed by atoms with Gasteiger partial charge in [-0.15, -0.1) is 0 Å². The molecular weight excluding hydrogens is 576 g/mol. The van der Waals surface area contributed by atoms with E-state index in [-0.39, 0.29) is 0 Å². The highest BCUT2D eigenvalue weighted by atomic mass is 19.1. The van der Waals surface area contributed by atoms with Crippen LogP contribution in [0.25, 0.3) is 28.3 Å². The monoisotopic (exact) mass is 603 g/mol. The van der Waals surface area contributed by atoms with E-state index in [0.29, 0.717) is 39.9 Å². The lowest BCUT2D eigenvalue weighted by Gasteiger charge is -2.23. The van der Waals surface area contributed by atoms with Gasteiger partial charge in [0, 0.05) is 41.6 Å². The van der Waals surface area contributed by atoms with E-state index in [0.717, 1.165) is 42.9 Å². The SMILES string of the molecule is O=C(Nc1cccc(-c2nc3ccccn3c2-c2ccnc(Nc3cccc(N4CCCC4O)c3)n2)c1)c1c(F)cccc1F. The number of fused-ring (bicyclic) bond motifs is 1. The lowest BCUT2D eigenvalue weighted by molar-refractivity contribution is 0.101. The number of nitrogens with zero attached hydrogens (tertiary/aromatic N) is 5. The van der Waals surface area contributed by atoms with E-state index in [1.807, 2.05) is 64.0 Å². The van der Waals surface area contributed by atoms with Crippen LogP contribution in [0.5, 0.6) is 0 Å². The molecule has 3 aromatic carbocycles. The van der Waals surface area contributed by atoms with Crippen molar-refractivity contribution in [2.75, 3.05) is 22.1 Å². The minimum atomic E-state index is -0.945. The van der Waals surface area contributed by atoms with E-state index in [1.54, 1.807) is 30.5 Å². The smallest absolute Gasteiger partial charge is 0.261 e. The number of carbonyl (C=O) groups excluding carboxylic acids is 1. The second-order valence-corrected chi connectivity index (χ2v) is 10.6. The van der Waals surface area contributed by atoms with E-state index < -0.39 is 29.3 Å². The topological polar surface area (TPSA) is 108 Å². The van der Waals surface area contributed by atoms with Gasteiger partial charge in [0.25, 0.3) is 5.91 Å². The van der Waals surface area contributed by atoms with Crippen LogP contribution in [0, 0.1) is 11.6 Å². The molecule has 0 aliphatic carbocycles. The Kier molecular flexibility index (Phi) is 7.36. The molecule has 1 atom stereocenters. The molecule has 0 saturated carbocycles. The molecule has 0 bridgehead atoms. The second-order valence-electron chi connectivity index (χ2n) is 10.6. The Balaban J connectivity index is 1.23. The van der Waals surface area contributed by atoms with E-state index in [2.05, 4.69) is 15.6 Å². The second kappa shape index (κ2) is 11.8. The van der Waals surface area contributed by atoms with Crippen LogP contribution in [-0.4, -0.2) is 43.1 Å². The first-order valence-corrected chi connectivity index (χ1v) is 14.4. The molecule has 0 spiro atoms. The third-order valence-electron chi connectivity index (χ3n) is 7.67. The standard InChI is InChI=1S/C34H27F2N7O2/c35-25-11-5-12-26(36)30(25)33(45)38-22-8-3-7-21(19-22)31-32(43-17-2-1-13-28(43)41-31)27-15-16-37-34(40-27)39-23-9-4-10-24(20-23)42-18-6-14-29(42)44/h1-5,7-13,15-17,19-20,29,44H,6,14,18H2,(H,38,45)(H,37,39,40). The molecule has 1 unspecified atom stereocenters.